The summed E-state index contributed by atoms with van der Waals surface area (Å²) in [6.45, 7) is 1.58. The zero-order valence-electron chi connectivity index (χ0n) is 9.13. The minimum atomic E-state index is -1.87. The number of carbonyl (C=O) groups is 1. The van der Waals surface area contributed by atoms with Crippen LogP contribution in [0.5, 0.6) is 5.75 Å². The van der Waals surface area contributed by atoms with Crippen LogP contribution in [0.4, 0.5) is 4.39 Å². The van der Waals surface area contributed by atoms with Gasteiger partial charge in [0.15, 0.2) is 6.10 Å². The van der Waals surface area contributed by atoms with Crippen molar-refractivity contribution < 1.29 is 29.2 Å². The van der Waals surface area contributed by atoms with Crippen molar-refractivity contribution in [3.63, 3.8) is 0 Å². The van der Waals surface area contributed by atoms with Gasteiger partial charge in [0, 0.05) is 11.6 Å². The highest BCUT2D eigenvalue weighted by molar-refractivity contribution is 5.75. The van der Waals surface area contributed by atoms with Crippen LogP contribution in [-0.2, 0) is 9.53 Å². The van der Waals surface area contributed by atoms with E-state index in [4.69, 9.17) is 5.11 Å². The van der Waals surface area contributed by atoms with E-state index < -0.39 is 24.0 Å². The first-order chi connectivity index (χ1) is 7.97. The number of aliphatic hydroxyl groups excluding tert-OH is 2. The van der Waals surface area contributed by atoms with Crippen molar-refractivity contribution in [2.75, 3.05) is 6.61 Å². The second kappa shape index (κ2) is 5.60. The Hall–Kier alpha value is -1.66. The summed E-state index contributed by atoms with van der Waals surface area (Å²) in [5.41, 5.74) is -0.289. The number of hydrogen-bond donors (Lipinski definition) is 3. The molecule has 1 aromatic carbocycles. The van der Waals surface area contributed by atoms with Crippen molar-refractivity contribution in [1.82, 2.24) is 0 Å². The lowest BCUT2D eigenvalue weighted by atomic mass is 10.0. The first-order valence-electron chi connectivity index (χ1n) is 4.98. The molecule has 0 bridgehead atoms. The number of aliphatic hydroxyl groups is 2. The van der Waals surface area contributed by atoms with E-state index in [1.54, 1.807) is 0 Å². The van der Waals surface area contributed by atoms with Crippen LogP contribution in [-0.4, -0.2) is 34.0 Å². The fourth-order valence-electron chi connectivity index (χ4n) is 1.28. The number of phenolic OH excluding ortho intramolecular Hbond substituents is 1. The van der Waals surface area contributed by atoms with Gasteiger partial charge in [0.05, 0.1) is 6.61 Å². The summed E-state index contributed by atoms with van der Waals surface area (Å²) >= 11 is 0. The lowest BCUT2D eigenvalue weighted by Gasteiger charge is -2.17. The zero-order chi connectivity index (χ0) is 13.0. The van der Waals surface area contributed by atoms with Gasteiger partial charge in [0.2, 0.25) is 0 Å². The maximum absolute atomic E-state index is 13.3. The van der Waals surface area contributed by atoms with Crippen molar-refractivity contribution in [2.24, 2.45) is 0 Å². The monoisotopic (exact) mass is 244 g/mol. The van der Waals surface area contributed by atoms with Crippen LogP contribution in [0, 0.1) is 5.82 Å². The summed E-state index contributed by atoms with van der Waals surface area (Å²) in [5, 5.41) is 28.0. The van der Waals surface area contributed by atoms with Crippen molar-refractivity contribution in [1.29, 1.82) is 0 Å². The van der Waals surface area contributed by atoms with Crippen molar-refractivity contribution in [2.45, 2.75) is 19.1 Å². The van der Waals surface area contributed by atoms with Crippen LogP contribution in [0.25, 0.3) is 0 Å². The van der Waals surface area contributed by atoms with Crippen LogP contribution in [0.3, 0.4) is 0 Å². The van der Waals surface area contributed by atoms with Crippen molar-refractivity contribution in [3.05, 3.63) is 29.6 Å². The van der Waals surface area contributed by atoms with E-state index in [2.05, 4.69) is 4.74 Å². The number of ether oxygens (including phenoxy) is 1. The average molecular weight is 244 g/mol. The van der Waals surface area contributed by atoms with Gasteiger partial charge >= 0.3 is 5.97 Å². The smallest absolute Gasteiger partial charge is 0.338 e. The van der Waals surface area contributed by atoms with Crippen molar-refractivity contribution in [3.8, 4) is 5.75 Å². The van der Waals surface area contributed by atoms with Gasteiger partial charge in [0.1, 0.15) is 17.7 Å². The van der Waals surface area contributed by atoms with Gasteiger partial charge < -0.3 is 20.1 Å². The predicted octanol–water partition coefficient (Wildman–Crippen LogP) is 0.489. The van der Waals surface area contributed by atoms with Gasteiger partial charge in [-0.05, 0) is 19.1 Å². The molecule has 6 heteroatoms. The Balaban J connectivity index is 2.88. The third-order valence-electron chi connectivity index (χ3n) is 2.13. The Morgan fingerprint density at radius 2 is 2.12 bits per heavy atom. The average Bonchev–Trinajstić information content (AvgIpc) is 2.27. The molecule has 1 rings (SSSR count). The summed E-state index contributed by atoms with van der Waals surface area (Å²) in [5.74, 6) is -2.27. The molecule has 0 aliphatic heterocycles. The van der Waals surface area contributed by atoms with Gasteiger partial charge in [0.25, 0.3) is 0 Å². The summed E-state index contributed by atoms with van der Waals surface area (Å²) in [7, 11) is 0. The Labute approximate surface area is 97.1 Å². The third kappa shape index (κ3) is 3.15. The van der Waals surface area contributed by atoms with Gasteiger partial charge in [-0.15, -0.1) is 0 Å². The number of carbonyl (C=O) groups excluding carboxylic acids is 1. The number of aromatic hydroxyl groups is 1. The van der Waals surface area contributed by atoms with E-state index in [9.17, 15) is 19.4 Å². The third-order valence-corrected chi connectivity index (χ3v) is 2.13. The highest BCUT2D eigenvalue weighted by Crippen LogP contribution is 2.24. The van der Waals surface area contributed by atoms with Gasteiger partial charge in [-0.25, -0.2) is 9.18 Å². The second-order valence-corrected chi connectivity index (χ2v) is 3.35. The largest absolute Gasteiger partial charge is 0.508 e. The molecule has 0 saturated carbocycles. The molecule has 1 aromatic rings. The van der Waals surface area contributed by atoms with Gasteiger partial charge in [-0.3, -0.25) is 0 Å². The number of benzene rings is 1. The molecule has 0 saturated heterocycles. The Morgan fingerprint density at radius 1 is 1.47 bits per heavy atom. The first-order valence-corrected chi connectivity index (χ1v) is 4.98. The molecule has 0 radical (unpaired) electrons. The fraction of sp³-hybridized carbons (Fsp3) is 0.364. The van der Waals surface area contributed by atoms with Crippen LogP contribution < -0.4 is 0 Å². The zero-order valence-corrected chi connectivity index (χ0v) is 9.13. The maximum atomic E-state index is 13.3. The molecule has 3 N–H and O–H groups in total. The van der Waals surface area contributed by atoms with E-state index in [-0.39, 0.29) is 17.9 Å². The van der Waals surface area contributed by atoms with Crippen LogP contribution in [0.2, 0.25) is 0 Å². The van der Waals surface area contributed by atoms with E-state index in [0.29, 0.717) is 0 Å². The van der Waals surface area contributed by atoms with E-state index >= 15 is 0 Å². The molecule has 0 amide bonds. The normalized spacial score (nSPS) is 14.1. The van der Waals surface area contributed by atoms with Crippen molar-refractivity contribution >= 4 is 5.97 Å². The fourth-order valence-corrected chi connectivity index (χ4v) is 1.28. The standard InChI is InChI=1S/C11H13FO5/c1-2-17-11(16)10(15)9(14)7-4-3-6(13)5-8(7)12/h3-5,9-10,13-15H,2H2,1H3. The lowest BCUT2D eigenvalue weighted by Crippen LogP contribution is -2.30. The Kier molecular flexibility index (Phi) is 4.42. The molecular weight excluding hydrogens is 231 g/mol. The number of hydrogen-bond acceptors (Lipinski definition) is 5. The molecule has 0 aromatic heterocycles. The van der Waals surface area contributed by atoms with Gasteiger partial charge in [-0.2, -0.15) is 0 Å². The summed E-state index contributed by atoms with van der Waals surface area (Å²) in [6, 6.07) is 2.99. The molecule has 0 spiro atoms. The SMILES string of the molecule is CCOC(=O)C(O)C(O)c1ccc(O)cc1F. The van der Waals surface area contributed by atoms with E-state index in [1.165, 1.54) is 6.92 Å². The molecule has 2 atom stereocenters. The molecule has 0 aliphatic carbocycles. The quantitative estimate of drug-likeness (QED) is 0.671. The predicted molar refractivity (Wildman–Crippen MR) is 55.7 cm³/mol. The molecule has 5 nitrogen and oxygen atoms in total. The maximum Gasteiger partial charge on any atom is 0.338 e. The Bertz CT molecular complexity index is 407. The lowest BCUT2D eigenvalue weighted by molar-refractivity contribution is -0.159. The highest BCUT2D eigenvalue weighted by Gasteiger charge is 2.28. The molecule has 0 fully saturated rings. The van der Waals surface area contributed by atoms with Gasteiger partial charge in [-0.1, -0.05) is 0 Å². The van der Waals surface area contributed by atoms with Crippen LogP contribution >= 0.6 is 0 Å². The molecular formula is C11H13FO5. The topological polar surface area (TPSA) is 87.0 Å². The highest BCUT2D eigenvalue weighted by atomic mass is 19.1. The van der Waals surface area contributed by atoms with Crippen LogP contribution in [0.1, 0.15) is 18.6 Å². The van der Waals surface area contributed by atoms with Crippen LogP contribution in [0.15, 0.2) is 18.2 Å². The number of phenols is 1. The molecule has 17 heavy (non-hydrogen) atoms. The second-order valence-electron chi connectivity index (χ2n) is 3.35. The summed E-state index contributed by atoms with van der Waals surface area (Å²) < 4.78 is 17.8. The summed E-state index contributed by atoms with van der Waals surface area (Å²) in [4.78, 5) is 11.1. The number of rotatable bonds is 4. The molecule has 2 unspecified atom stereocenters. The minimum Gasteiger partial charge on any atom is -0.508 e. The molecule has 94 valence electrons. The minimum absolute atomic E-state index is 0.0423. The molecule has 0 heterocycles. The number of esters is 1. The Morgan fingerprint density at radius 3 is 2.65 bits per heavy atom. The summed E-state index contributed by atoms with van der Waals surface area (Å²) in [6.07, 6.45) is -3.61. The molecule has 0 aliphatic rings. The van der Waals surface area contributed by atoms with E-state index in [1.807, 2.05) is 0 Å². The van der Waals surface area contributed by atoms with E-state index in [0.717, 1.165) is 18.2 Å². The number of halogens is 1. The first kappa shape index (κ1) is 13.4.